The molecule has 6 nitrogen and oxygen atoms in total. The zero-order chi connectivity index (χ0) is 22.6. The summed E-state index contributed by atoms with van der Waals surface area (Å²) in [6.07, 6.45) is 0. The van der Waals surface area contributed by atoms with E-state index in [-0.39, 0.29) is 4.90 Å². The second kappa shape index (κ2) is 9.36. The number of hydrogen-bond acceptors (Lipinski definition) is 4. The summed E-state index contributed by atoms with van der Waals surface area (Å²) in [5.41, 5.74) is 4.63. The molecule has 0 saturated heterocycles. The van der Waals surface area contributed by atoms with Crippen LogP contribution in [0.4, 0.5) is 17.1 Å². The Morgan fingerprint density at radius 1 is 0.839 bits per heavy atom. The van der Waals surface area contributed by atoms with E-state index in [0.29, 0.717) is 22.2 Å². The van der Waals surface area contributed by atoms with E-state index in [2.05, 4.69) is 15.4 Å². The highest BCUT2D eigenvalue weighted by atomic mass is 32.2. The second-order valence-electron chi connectivity index (χ2n) is 7.23. The van der Waals surface area contributed by atoms with Gasteiger partial charge in [0.25, 0.3) is 10.0 Å². The number of hydrogen-bond donors (Lipinski definition) is 3. The van der Waals surface area contributed by atoms with Crippen LogP contribution in [0, 0.1) is 20.8 Å². The van der Waals surface area contributed by atoms with Crippen molar-refractivity contribution in [3.63, 3.8) is 0 Å². The Hall–Kier alpha value is -3.10. The first-order valence-electron chi connectivity index (χ1n) is 9.61. The molecule has 0 aliphatic carbocycles. The molecule has 3 aromatic carbocycles. The molecular formula is C23H25N3O3S2. The van der Waals surface area contributed by atoms with Crippen LogP contribution in [0.1, 0.15) is 16.7 Å². The first-order valence-corrected chi connectivity index (χ1v) is 11.5. The molecule has 0 unspecified atom stereocenters. The quantitative estimate of drug-likeness (QED) is 0.442. The number of benzene rings is 3. The van der Waals surface area contributed by atoms with E-state index >= 15 is 0 Å². The van der Waals surface area contributed by atoms with E-state index in [1.165, 1.54) is 0 Å². The van der Waals surface area contributed by atoms with Gasteiger partial charge in [-0.1, -0.05) is 18.2 Å². The molecule has 0 radical (unpaired) electrons. The van der Waals surface area contributed by atoms with Crippen LogP contribution >= 0.6 is 12.2 Å². The maximum absolute atomic E-state index is 13.1. The Bertz CT molecular complexity index is 1210. The molecule has 8 heteroatoms. The average Bonchev–Trinajstić information content (AvgIpc) is 2.72. The van der Waals surface area contributed by atoms with Crippen LogP contribution in [0.3, 0.4) is 0 Å². The first-order chi connectivity index (χ1) is 14.7. The molecule has 162 valence electrons. The van der Waals surface area contributed by atoms with E-state index in [1.54, 1.807) is 43.5 Å². The van der Waals surface area contributed by atoms with Crippen molar-refractivity contribution in [2.45, 2.75) is 25.7 Å². The lowest BCUT2D eigenvalue weighted by Crippen LogP contribution is -2.22. The predicted molar refractivity (Wildman–Crippen MR) is 131 cm³/mol. The van der Waals surface area contributed by atoms with Gasteiger partial charge in [-0.2, -0.15) is 0 Å². The zero-order valence-corrected chi connectivity index (χ0v) is 19.4. The smallest absolute Gasteiger partial charge is 0.263 e. The van der Waals surface area contributed by atoms with Gasteiger partial charge in [0.2, 0.25) is 0 Å². The van der Waals surface area contributed by atoms with Crippen LogP contribution in [-0.2, 0) is 10.0 Å². The van der Waals surface area contributed by atoms with Crippen LogP contribution in [0.25, 0.3) is 0 Å². The monoisotopic (exact) mass is 455 g/mol. The maximum atomic E-state index is 13.1. The third-order valence-corrected chi connectivity index (χ3v) is 6.28. The molecule has 0 heterocycles. The SMILES string of the molecule is COc1ccc(NS(=O)(=O)c2cc(C)ccc2NC(=S)Nc2cc(C)ccc2C)cc1. The van der Waals surface area contributed by atoms with Crippen molar-refractivity contribution in [3.8, 4) is 5.75 Å². The fourth-order valence-corrected chi connectivity index (χ4v) is 4.50. The molecule has 0 aliphatic heterocycles. The lowest BCUT2D eigenvalue weighted by molar-refractivity contribution is 0.415. The Morgan fingerprint density at radius 2 is 1.45 bits per heavy atom. The minimum Gasteiger partial charge on any atom is -0.497 e. The number of ether oxygens (including phenoxy) is 1. The highest BCUT2D eigenvalue weighted by molar-refractivity contribution is 7.93. The maximum Gasteiger partial charge on any atom is 0.263 e. The molecule has 0 spiro atoms. The summed E-state index contributed by atoms with van der Waals surface area (Å²) in [7, 11) is -2.31. The lowest BCUT2D eigenvalue weighted by atomic mass is 10.1. The van der Waals surface area contributed by atoms with E-state index < -0.39 is 10.0 Å². The summed E-state index contributed by atoms with van der Waals surface area (Å²) in [4.78, 5) is 0.105. The third-order valence-electron chi connectivity index (χ3n) is 4.66. The Kier molecular flexibility index (Phi) is 6.82. The van der Waals surface area contributed by atoms with Gasteiger partial charge in [0.15, 0.2) is 5.11 Å². The highest BCUT2D eigenvalue weighted by Gasteiger charge is 2.20. The van der Waals surface area contributed by atoms with Crippen LogP contribution < -0.4 is 20.1 Å². The van der Waals surface area contributed by atoms with Gasteiger partial charge < -0.3 is 15.4 Å². The molecule has 3 aromatic rings. The topological polar surface area (TPSA) is 79.5 Å². The van der Waals surface area contributed by atoms with Crippen molar-refractivity contribution in [2.75, 3.05) is 22.5 Å². The third kappa shape index (κ3) is 5.74. The molecule has 0 aliphatic rings. The van der Waals surface area contributed by atoms with E-state index in [1.807, 2.05) is 45.0 Å². The Labute approximate surface area is 188 Å². The van der Waals surface area contributed by atoms with Gasteiger partial charge in [-0.25, -0.2) is 8.42 Å². The summed E-state index contributed by atoms with van der Waals surface area (Å²) in [6, 6.07) is 17.8. The largest absolute Gasteiger partial charge is 0.497 e. The molecule has 0 saturated carbocycles. The number of nitrogens with one attached hydrogen (secondary N) is 3. The number of sulfonamides is 1. The number of aryl methyl sites for hydroxylation is 3. The van der Waals surface area contributed by atoms with Crippen molar-refractivity contribution < 1.29 is 13.2 Å². The number of rotatable bonds is 6. The number of anilines is 3. The summed E-state index contributed by atoms with van der Waals surface area (Å²) < 4.78 is 34.0. The molecule has 0 fully saturated rings. The zero-order valence-electron chi connectivity index (χ0n) is 17.8. The standard InChI is InChI=1S/C23H25N3O3S2/c1-15-5-7-17(3)21(13-15)25-23(30)24-20-12-6-16(2)14-22(20)31(27,28)26-18-8-10-19(29-4)11-9-18/h5-14,26H,1-4H3,(H2,24,25,30). The van der Waals surface area contributed by atoms with Crippen molar-refractivity contribution in [1.29, 1.82) is 0 Å². The van der Waals surface area contributed by atoms with Gasteiger partial charge in [-0.15, -0.1) is 0 Å². The normalized spacial score (nSPS) is 11.0. The molecule has 3 N–H and O–H groups in total. The van der Waals surface area contributed by atoms with Gasteiger partial charge in [0.1, 0.15) is 10.6 Å². The van der Waals surface area contributed by atoms with Crippen molar-refractivity contribution >= 4 is 44.4 Å². The predicted octanol–water partition coefficient (Wildman–Crippen LogP) is 5.23. The van der Waals surface area contributed by atoms with Crippen LogP contribution in [0.5, 0.6) is 5.75 Å². The van der Waals surface area contributed by atoms with Gasteiger partial charge in [0, 0.05) is 11.4 Å². The Balaban J connectivity index is 1.85. The Morgan fingerprint density at radius 3 is 2.13 bits per heavy atom. The second-order valence-corrected chi connectivity index (χ2v) is 9.29. The average molecular weight is 456 g/mol. The minimum absolute atomic E-state index is 0.105. The van der Waals surface area contributed by atoms with Crippen LogP contribution in [0.15, 0.2) is 65.6 Å². The first kappa shape index (κ1) is 22.6. The van der Waals surface area contributed by atoms with E-state index in [4.69, 9.17) is 17.0 Å². The minimum atomic E-state index is -3.86. The molecule has 0 aromatic heterocycles. The van der Waals surface area contributed by atoms with Crippen molar-refractivity contribution in [1.82, 2.24) is 0 Å². The molecule has 0 amide bonds. The summed E-state index contributed by atoms with van der Waals surface area (Å²) in [6.45, 7) is 5.81. The van der Waals surface area contributed by atoms with Crippen molar-refractivity contribution in [3.05, 3.63) is 77.4 Å². The molecule has 31 heavy (non-hydrogen) atoms. The molecule has 0 atom stereocenters. The fourth-order valence-electron chi connectivity index (χ4n) is 2.97. The van der Waals surface area contributed by atoms with E-state index in [0.717, 1.165) is 22.4 Å². The number of thiocarbonyl (C=S) groups is 1. The van der Waals surface area contributed by atoms with Crippen molar-refractivity contribution in [2.24, 2.45) is 0 Å². The molecule has 0 bridgehead atoms. The van der Waals surface area contributed by atoms with Gasteiger partial charge >= 0.3 is 0 Å². The summed E-state index contributed by atoms with van der Waals surface area (Å²) in [5, 5.41) is 6.47. The van der Waals surface area contributed by atoms with Gasteiger partial charge in [0.05, 0.1) is 12.8 Å². The van der Waals surface area contributed by atoms with Gasteiger partial charge in [-0.05, 0) is 92.1 Å². The van der Waals surface area contributed by atoms with Crippen LogP contribution in [0.2, 0.25) is 0 Å². The van der Waals surface area contributed by atoms with Crippen LogP contribution in [-0.4, -0.2) is 20.6 Å². The highest BCUT2D eigenvalue weighted by Crippen LogP contribution is 2.26. The lowest BCUT2D eigenvalue weighted by Gasteiger charge is -2.17. The molecule has 3 rings (SSSR count). The number of methoxy groups -OCH3 is 1. The van der Waals surface area contributed by atoms with E-state index in [9.17, 15) is 8.42 Å². The summed E-state index contributed by atoms with van der Waals surface area (Å²) in [5.74, 6) is 0.642. The summed E-state index contributed by atoms with van der Waals surface area (Å²) >= 11 is 5.44. The van der Waals surface area contributed by atoms with Gasteiger partial charge in [-0.3, -0.25) is 4.72 Å². The molecular weight excluding hydrogens is 430 g/mol. The fraction of sp³-hybridized carbons (Fsp3) is 0.174.